The third kappa shape index (κ3) is 3.87. The van der Waals surface area contributed by atoms with Gasteiger partial charge in [-0.1, -0.05) is 30.3 Å². The number of aryl methyl sites for hydroxylation is 2. The van der Waals surface area contributed by atoms with Crippen LogP contribution < -0.4 is 5.32 Å². The van der Waals surface area contributed by atoms with Crippen LogP contribution in [0.25, 0.3) is 11.0 Å². The number of aromatic amines is 1. The third-order valence-corrected chi connectivity index (χ3v) is 5.41. The summed E-state index contributed by atoms with van der Waals surface area (Å²) in [6.07, 6.45) is 5.84. The minimum atomic E-state index is -0.0264. The Morgan fingerprint density at radius 3 is 2.93 bits per heavy atom. The van der Waals surface area contributed by atoms with Gasteiger partial charge in [0.2, 0.25) is 5.91 Å². The van der Waals surface area contributed by atoms with Crippen molar-refractivity contribution in [3.05, 3.63) is 65.3 Å². The number of aromatic nitrogens is 3. The van der Waals surface area contributed by atoms with E-state index in [0.717, 1.165) is 47.7 Å². The number of pyridine rings is 1. The number of nitrogens with zero attached hydrogens (tertiary/aromatic N) is 3. The van der Waals surface area contributed by atoms with E-state index < -0.39 is 0 Å². The predicted molar refractivity (Wildman–Crippen MR) is 112 cm³/mol. The Balaban J connectivity index is 1.51. The standard InChI is InChI=1S/C21H22ClN5O/c1-2-18(28)27-12-10-17(13-27)24-21-19-15(9-11-23-20(19)25-26-21)6-3-14-4-7-16(22)8-5-14/h2,4-5,7-9,11,17H,1,3,6,10,12-13H2,(H2,23,24,25,26)/t17-/m1/s1. The van der Waals surface area contributed by atoms with Gasteiger partial charge in [0.05, 0.1) is 5.39 Å². The molecule has 1 aromatic carbocycles. The summed E-state index contributed by atoms with van der Waals surface area (Å²) in [5.41, 5.74) is 3.20. The van der Waals surface area contributed by atoms with Crippen LogP contribution in [0, 0.1) is 0 Å². The van der Waals surface area contributed by atoms with Crippen LogP contribution in [0.5, 0.6) is 0 Å². The molecule has 3 aromatic rings. The SMILES string of the molecule is C=CC(=O)N1CC[C@@H](Nc2n[nH]c3nccc(CCc4ccc(Cl)cc4)c23)C1. The number of benzene rings is 1. The fraction of sp³-hybridized carbons (Fsp3) is 0.286. The molecule has 1 saturated heterocycles. The highest BCUT2D eigenvalue weighted by Gasteiger charge is 2.26. The zero-order valence-electron chi connectivity index (χ0n) is 15.5. The van der Waals surface area contributed by atoms with E-state index in [2.05, 4.69) is 39.2 Å². The third-order valence-electron chi connectivity index (χ3n) is 5.16. The molecule has 4 rings (SSSR count). The van der Waals surface area contributed by atoms with E-state index in [9.17, 15) is 4.79 Å². The van der Waals surface area contributed by atoms with Crippen LogP contribution in [0.2, 0.25) is 5.02 Å². The maximum Gasteiger partial charge on any atom is 0.246 e. The summed E-state index contributed by atoms with van der Waals surface area (Å²) in [6.45, 7) is 4.95. The van der Waals surface area contributed by atoms with Crippen molar-refractivity contribution >= 4 is 34.4 Å². The summed E-state index contributed by atoms with van der Waals surface area (Å²) in [5, 5.41) is 12.7. The van der Waals surface area contributed by atoms with Gasteiger partial charge in [0, 0.05) is 30.4 Å². The number of carbonyl (C=O) groups excluding carboxylic acids is 1. The van der Waals surface area contributed by atoms with E-state index in [1.54, 1.807) is 4.90 Å². The van der Waals surface area contributed by atoms with Crippen LogP contribution in [0.15, 0.2) is 49.2 Å². The summed E-state index contributed by atoms with van der Waals surface area (Å²) in [4.78, 5) is 18.0. The summed E-state index contributed by atoms with van der Waals surface area (Å²) >= 11 is 5.97. The van der Waals surface area contributed by atoms with Crippen molar-refractivity contribution in [2.24, 2.45) is 0 Å². The molecule has 0 radical (unpaired) electrons. The lowest BCUT2D eigenvalue weighted by atomic mass is 10.0. The Bertz CT molecular complexity index is 998. The van der Waals surface area contributed by atoms with Gasteiger partial charge >= 0.3 is 0 Å². The predicted octanol–water partition coefficient (Wildman–Crippen LogP) is 3.60. The van der Waals surface area contributed by atoms with Gasteiger partial charge in [-0.25, -0.2) is 4.98 Å². The van der Waals surface area contributed by atoms with Crippen molar-refractivity contribution in [1.29, 1.82) is 0 Å². The van der Waals surface area contributed by atoms with Gasteiger partial charge in [0.15, 0.2) is 11.5 Å². The molecule has 0 spiro atoms. The van der Waals surface area contributed by atoms with Gasteiger partial charge in [-0.15, -0.1) is 0 Å². The number of nitrogens with one attached hydrogen (secondary N) is 2. The normalized spacial score (nSPS) is 16.5. The smallest absolute Gasteiger partial charge is 0.246 e. The number of amides is 1. The quantitative estimate of drug-likeness (QED) is 0.625. The van der Waals surface area contributed by atoms with Gasteiger partial charge in [-0.3, -0.25) is 9.89 Å². The first-order valence-corrected chi connectivity index (χ1v) is 9.76. The van der Waals surface area contributed by atoms with Crippen LogP contribution in [0.1, 0.15) is 17.5 Å². The van der Waals surface area contributed by atoms with Crippen LogP contribution in [0.3, 0.4) is 0 Å². The highest BCUT2D eigenvalue weighted by molar-refractivity contribution is 6.30. The Hall–Kier alpha value is -2.86. The molecule has 0 bridgehead atoms. The number of halogens is 1. The number of rotatable bonds is 6. The first-order valence-electron chi connectivity index (χ1n) is 9.38. The average Bonchev–Trinajstić information content (AvgIpc) is 3.35. The van der Waals surface area contributed by atoms with Crippen molar-refractivity contribution in [3.63, 3.8) is 0 Å². The largest absolute Gasteiger partial charge is 0.363 e. The molecule has 0 aliphatic carbocycles. The molecule has 6 nitrogen and oxygen atoms in total. The van der Waals surface area contributed by atoms with E-state index in [4.69, 9.17) is 11.6 Å². The minimum Gasteiger partial charge on any atom is -0.363 e. The molecule has 3 heterocycles. The maximum atomic E-state index is 11.8. The first-order chi connectivity index (χ1) is 13.6. The van der Waals surface area contributed by atoms with E-state index in [1.165, 1.54) is 17.2 Å². The Morgan fingerprint density at radius 2 is 2.14 bits per heavy atom. The molecule has 28 heavy (non-hydrogen) atoms. The average molecular weight is 396 g/mol. The van der Waals surface area contributed by atoms with E-state index >= 15 is 0 Å². The van der Waals surface area contributed by atoms with Crippen LogP contribution in [-0.2, 0) is 17.6 Å². The molecule has 2 aromatic heterocycles. The number of anilines is 1. The molecule has 0 saturated carbocycles. The van der Waals surface area contributed by atoms with Crippen molar-refractivity contribution < 1.29 is 4.79 Å². The lowest BCUT2D eigenvalue weighted by Crippen LogP contribution is -2.30. The molecular formula is C21H22ClN5O. The molecule has 7 heteroatoms. The summed E-state index contributed by atoms with van der Waals surface area (Å²) in [5.74, 6) is 0.772. The van der Waals surface area contributed by atoms with E-state index in [0.29, 0.717) is 6.54 Å². The van der Waals surface area contributed by atoms with Gasteiger partial charge in [0.25, 0.3) is 0 Å². The highest BCUT2D eigenvalue weighted by Crippen LogP contribution is 2.26. The number of likely N-dealkylation sites (tertiary alicyclic amines) is 1. The van der Waals surface area contributed by atoms with Crippen molar-refractivity contribution in [1.82, 2.24) is 20.1 Å². The summed E-state index contributed by atoms with van der Waals surface area (Å²) in [7, 11) is 0. The van der Waals surface area contributed by atoms with Crippen molar-refractivity contribution in [3.8, 4) is 0 Å². The number of H-pyrrole nitrogens is 1. The number of hydrogen-bond acceptors (Lipinski definition) is 4. The second-order valence-electron chi connectivity index (χ2n) is 7.01. The number of carbonyl (C=O) groups is 1. The first kappa shape index (κ1) is 18.5. The molecule has 1 atom stereocenters. The zero-order chi connectivity index (χ0) is 19.5. The minimum absolute atomic E-state index is 0.0264. The second kappa shape index (κ2) is 8.02. The zero-order valence-corrected chi connectivity index (χ0v) is 16.2. The molecular weight excluding hydrogens is 374 g/mol. The van der Waals surface area contributed by atoms with Gasteiger partial charge < -0.3 is 10.2 Å². The van der Waals surface area contributed by atoms with E-state index in [1.807, 2.05) is 24.4 Å². The Kier molecular flexibility index (Phi) is 5.30. The second-order valence-corrected chi connectivity index (χ2v) is 7.45. The molecule has 144 valence electrons. The molecule has 2 N–H and O–H groups in total. The van der Waals surface area contributed by atoms with Crippen molar-refractivity contribution in [2.45, 2.75) is 25.3 Å². The van der Waals surface area contributed by atoms with Crippen LogP contribution >= 0.6 is 11.6 Å². The van der Waals surface area contributed by atoms with Crippen LogP contribution in [0.4, 0.5) is 5.82 Å². The van der Waals surface area contributed by atoms with Gasteiger partial charge in [0.1, 0.15) is 0 Å². The molecule has 1 aliphatic heterocycles. The lowest BCUT2D eigenvalue weighted by molar-refractivity contribution is -0.125. The Morgan fingerprint density at radius 1 is 1.32 bits per heavy atom. The number of hydrogen-bond donors (Lipinski definition) is 2. The summed E-state index contributed by atoms with van der Waals surface area (Å²) < 4.78 is 0. The fourth-order valence-corrected chi connectivity index (χ4v) is 3.79. The number of fused-ring (bicyclic) bond motifs is 1. The molecule has 1 amide bonds. The fourth-order valence-electron chi connectivity index (χ4n) is 3.66. The summed E-state index contributed by atoms with van der Waals surface area (Å²) in [6, 6.07) is 10.2. The maximum absolute atomic E-state index is 11.8. The monoisotopic (exact) mass is 395 g/mol. The van der Waals surface area contributed by atoms with Gasteiger partial charge in [-0.05, 0) is 54.7 Å². The topological polar surface area (TPSA) is 73.9 Å². The van der Waals surface area contributed by atoms with Crippen LogP contribution in [-0.4, -0.2) is 45.1 Å². The lowest BCUT2D eigenvalue weighted by Gasteiger charge is -2.15. The van der Waals surface area contributed by atoms with Gasteiger partial charge in [-0.2, -0.15) is 5.10 Å². The highest BCUT2D eigenvalue weighted by atomic mass is 35.5. The van der Waals surface area contributed by atoms with E-state index in [-0.39, 0.29) is 11.9 Å². The van der Waals surface area contributed by atoms with Crippen molar-refractivity contribution in [2.75, 3.05) is 18.4 Å². The molecule has 0 unspecified atom stereocenters. The molecule has 1 aliphatic rings. The molecule has 1 fully saturated rings. The Labute approximate surface area is 168 Å².